The van der Waals surface area contributed by atoms with Crippen LogP contribution in [-0.4, -0.2) is 18.3 Å². The predicted octanol–water partition coefficient (Wildman–Crippen LogP) is -1.62. The number of hydrogen-bond acceptors (Lipinski definition) is 5. The normalized spacial score (nSPS) is 9.48. The van der Waals surface area contributed by atoms with Crippen molar-refractivity contribution < 1.29 is 51.3 Å². The molecule has 1 heterocycles. The van der Waals surface area contributed by atoms with Gasteiger partial charge in [-0.3, -0.25) is 4.98 Å². The second-order valence-corrected chi connectivity index (χ2v) is 6.69. The molecule has 0 saturated carbocycles. The van der Waals surface area contributed by atoms with Gasteiger partial charge in [-0.05, 0) is 30.8 Å². The molecule has 0 aliphatic carbocycles. The van der Waals surface area contributed by atoms with E-state index in [4.69, 9.17) is 18.6 Å². The minimum absolute atomic E-state index is 0. The van der Waals surface area contributed by atoms with E-state index in [0.717, 1.165) is 0 Å². The van der Waals surface area contributed by atoms with Gasteiger partial charge < -0.3 is 0 Å². The largest absolute Gasteiger partial charge is 1.00 e. The van der Waals surface area contributed by atoms with Crippen molar-refractivity contribution >= 4 is 13.2 Å². The van der Waals surface area contributed by atoms with Crippen LogP contribution in [0.5, 0.6) is 0 Å². The first-order valence-corrected chi connectivity index (χ1v) is 8.97. The van der Waals surface area contributed by atoms with E-state index in [-0.39, 0.29) is 30.3 Å². The van der Waals surface area contributed by atoms with Crippen LogP contribution < -0.4 is 23.9 Å². The second kappa shape index (κ2) is 13.3. The van der Waals surface area contributed by atoms with E-state index in [0.29, 0.717) is 0 Å². The van der Waals surface area contributed by atoms with Crippen LogP contribution in [0.15, 0.2) is 60.9 Å². The molecule has 0 amide bonds. The standard InChI is InChI=1S/C8H11P.C5H5N.Au.ClHO4/c1-9(2)8-6-4-3-5-7-8;1-2-4-6-5-3-1;;2-1(3,4)5/h3-7H,1-2H3;1-5H;;(H,2,3,4,5)/q;;+1;/p-1. The van der Waals surface area contributed by atoms with E-state index >= 15 is 0 Å². The van der Waals surface area contributed by atoms with Crippen LogP contribution in [0.1, 0.15) is 0 Å². The van der Waals surface area contributed by atoms with Gasteiger partial charge in [0.25, 0.3) is 0 Å². The first kappa shape index (κ1) is 22.9. The van der Waals surface area contributed by atoms with Crippen LogP contribution in [0.3, 0.4) is 0 Å². The average molecular weight is 514 g/mol. The molecule has 0 fully saturated rings. The van der Waals surface area contributed by atoms with Gasteiger partial charge in [-0.15, -0.1) is 10.2 Å². The third kappa shape index (κ3) is 19.7. The fourth-order valence-electron chi connectivity index (χ4n) is 1.04. The summed E-state index contributed by atoms with van der Waals surface area (Å²) in [5.41, 5.74) is 0. The maximum absolute atomic E-state index is 8.49. The van der Waals surface area contributed by atoms with Gasteiger partial charge in [0.1, 0.15) is 0 Å². The van der Waals surface area contributed by atoms with E-state index < -0.39 is 10.2 Å². The summed E-state index contributed by atoms with van der Waals surface area (Å²) in [6.07, 6.45) is 3.50. The molecule has 0 unspecified atom stereocenters. The smallest absolute Gasteiger partial charge is 0.265 e. The molecule has 21 heavy (non-hydrogen) atoms. The summed E-state index contributed by atoms with van der Waals surface area (Å²) in [5, 5.41) is 1.48. The summed E-state index contributed by atoms with van der Waals surface area (Å²) >= 11 is 0. The zero-order valence-corrected chi connectivity index (χ0v) is 15.3. The Morgan fingerprint density at radius 3 is 1.38 bits per heavy atom. The third-order valence-corrected chi connectivity index (χ3v) is 3.17. The van der Waals surface area contributed by atoms with Crippen molar-refractivity contribution in [2.45, 2.75) is 0 Å². The van der Waals surface area contributed by atoms with E-state index in [1.807, 2.05) is 18.2 Å². The van der Waals surface area contributed by atoms with Gasteiger partial charge in [0.15, 0.2) is 0 Å². The Morgan fingerprint density at radius 2 is 1.19 bits per heavy atom. The summed E-state index contributed by atoms with van der Waals surface area (Å²) in [6, 6.07) is 16.3. The van der Waals surface area contributed by atoms with Gasteiger partial charge in [0.05, 0.1) is 0 Å². The maximum Gasteiger partial charge on any atom is 1.00 e. The van der Waals surface area contributed by atoms with Gasteiger partial charge in [0.2, 0.25) is 0 Å². The molecular weight excluding hydrogens is 498 g/mol. The van der Waals surface area contributed by atoms with Crippen LogP contribution in [0, 0.1) is 10.2 Å². The Bertz CT molecular complexity index is 410. The Hall–Kier alpha value is -0.330. The molecule has 0 radical (unpaired) electrons. The molecular formula is C13H16AuClNO4P. The number of nitrogens with zero attached hydrogens (tertiary/aromatic N) is 1. The van der Waals surface area contributed by atoms with Crippen molar-refractivity contribution in [2.24, 2.45) is 0 Å². The van der Waals surface area contributed by atoms with Crippen LogP contribution in [-0.2, 0) is 22.4 Å². The van der Waals surface area contributed by atoms with Crippen molar-refractivity contribution in [3.05, 3.63) is 60.9 Å². The summed E-state index contributed by atoms with van der Waals surface area (Å²) in [5.74, 6) is 0. The number of benzene rings is 1. The Kier molecular flexibility index (Phi) is 14.6. The molecule has 0 bridgehead atoms. The van der Waals surface area contributed by atoms with Crippen LogP contribution in [0.2, 0.25) is 0 Å². The van der Waals surface area contributed by atoms with Gasteiger partial charge in [-0.2, -0.15) is 0 Å². The fraction of sp³-hybridized carbons (Fsp3) is 0.154. The Balaban J connectivity index is 0. The van der Waals surface area contributed by atoms with E-state index in [1.165, 1.54) is 5.30 Å². The Labute approximate surface area is 143 Å². The third-order valence-electron chi connectivity index (χ3n) is 1.84. The Morgan fingerprint density at radius 1 is 0.810 bits per heavy atom. The van der Waals surface area contributed by atoms with Crippen molar-refractivity contribution in [1.29, 1.82) is 0 Å². The first-order valence-electron chi connectivity index (χ1n) is 5.50. The van der Waals surface area contributed by atoms with Gasteiger partial charge in [0, 0.05) is 12.4 Å². The molecule has 0 atom stereocenters. The molecule has 1 aromatic heterocycles. The minimum atomic E-state index is -4.94. The molecule has 0 aliphatic rings. The molecule has 0 N–H and O–H groups in total. The van der Waals surface area contributed by atoms with Gasteiger partial charge in [-0.1, -0.05) is 44.3 Å². The number of halogens is 1. The van der Waals surface area contributed by atoms with Crippen molar-refractivity contribution in [1.82, 2.24) is 4.98 Å². The molecule has 0 saturated heterocycles. The predicted molar refractivity (Wildman–Crippen MR) is 69.1 cm³/mol. The quantitative estimate of drug-likeness (QED) is 0.337. The second-order valence-electron chi connectivity index (χ2n) is 3.63. The minimum Gasteiger partial charge on any atom is -0.265 e. The molecule has 0 aliphatic heterocycles. The summed E-state index contributed by atoms with van der Waals surface area (Å²) in [6.45, 7) is 4.54. The summed E-state index contributed by atoms with van der Waals surface area (Å²) in [7, 11) is -4.84. The zero-order chi connectivity index (χ0) is 15.4. The molecule has 8 heteroatoms. The van der Waals surface area contributed by atoms with Gasteiger partial charge >= 0.3 is 22.4 Å². The molecule has 1 aromatic carbocycles. The molecule has 2 rings (SSSR count). The van der Waals surface area contributed by atoms with Crippen LogP contribution in [0.25, 0.3) is 0 Å². The number of pyridine rings is 1. The molecule has 2 aromatic rings. The number of aromatic nitrogens is 1. The fourth-order valence-corrected chi connectivity index (χ4v) is 1.81. The summed E-state index contributed by atoms with van der Waals surface area (Å²) in [4.78, 5) is 3.78. The topological polar surface area (TPSA) is 105 Å². The molecule has 0 spiro atoms. The average Bonchev–Trinajstić information content (AvgIpc) is 2.40. The molecule has 5 nitrogen and oxygen atoms in total. The molecule has 120 valence electrons. The van der Waals surface area contributed by atoms with E-state index in [1.54, 1.807) is 12.4 Å². The SMILES string of the molecule is CP(C)c1ccccc1.[Au+].[O-][Cl+3]([O-])([O-])[O-].c1ccncc1. The van der Waals surface area contributed by atoms with Crippen molar-refractivity contribution in [3.8, 4) is 0 Å². The van der Waals surface area contributed by atoms with E-state index in [2.05, 4.69) is 48.6 Å². The number of rotatable bonds is 1. The van der Waals surface area contributed by atoms with Crippen molar-refractivity contribution in [3.63, 3.8) is 0 Å². The van der Waals surface area contributed by atoms with E-state index in [9.17, 15) is 0 Å². The van der Waals surface area contributed by atoms with Gasteiger partial charge in [-0.25, -0.2) is 18.6 Å². The maximum atomic E-state index is 8.49. The van der Waals surface area contributed by atoms with Crippen molar-refractivity contribution in [2.75, 3.05) is 13.3 Å². The van der Waals surface area contributed by atoms with Crippen LogP contribution in [0.4, 0.5) is 0 Å². The summed E-state index contributed by atoms with van der Waals surface area (Å²) < 4.78 is 34.0. The zero-order valence-electron chi connectivity index (χ0n) is 11.5. The number of hydrogen-bond donors (Lipinski definition) is 0. The first-order chi connectivity index (χ1) is 9.30. The monoisotopic (exact) mass is 513 g/mol. The van der Waals surface area contributed by atoms with Crippen LogP contribution >= 0.6 is 7.92 Å².